The monoisotopic (exact) mass is 381 g/mol. The lowest BCUT2D eigenvalue weighted by molar-refractivity contribution is -0.384. The molecule has 0 bridgehead atoms. The Balaban J connectivity index is 2.29. The molecule has 27 heavy (non-hydrogen) atoms. The lowest BCUT2D eigenvalue weighted by Crippen LogP contribution is -2.67. The highest BCUT2D eigenvalue weighted by Crippen LogP contribution is 2.29. The number of carbonyl (C=O) groups is 2. The van der Waals surface area contributed by atoms with Crippen molar-refractivity contribution in [1.29, 1.82) is 0 Å². The van der Waals surface area contributed by atoms with E-state index in [-0.39, 0.29) is 31.1 Å². The maximum absolute atomic E-state index is 12.5. The van der Waals surface area contributed by atoms with Gasteiger partial charge in [-0.2, -0.15) is 0 Å². The number of carbonyl (C=O) groups excluding carboxylic acids is 1. The zero-order valence-electron chi connectivity index (χ0n) is 15.6. The fourth-order valence-electron chi connectivity index (χ4n) is 2.78. The summed E-state index contributed by atoms with van der Waals surface area (Å²) in [5, 5.41) is 20.6. The van der Waals surface area contributed by atoms with Crippen molar-refractivity contribution in [2.24, 2.45) is 0 Å². The van der Waals surface area contributed by atoms with Gasteiger partial charge in [-0.3, -0.25) is 15.0 Å². The van der Waals surface area contributed by atoms with E-state index in [9.17, 15) is 24.8 Å². The number of carboxylic acids is 1. The Hall–Kier alpha value is -3.11. The first kappa shape index (κ1) is 20.2. The number of anilines is 2. The van der Waals surface area contributed by atoms with Crippen LogP contribution >= 0.6 is 0 Å². The number of hydrogen-bond donors (Lipinski definition) is 2. The Labute approximate surface area is 155 Å². The van der Waals surface area contributed by atoms with E-state index in [0.717, 1.165) is 0 Å². The van der Waals surface area contributed by atoms with Crippen molar-refractivity contribution in [3.05, 3.63) is 22.2 Å². The molecule has 1 atom stereocenters. The summed E-state index contributed by atoms with van der Waals surface area (Å²) in [5.74, 6) is -1.16. The Morgan fingerprint density at radius 2 is 2.00 bits per heavy atom. The molecule has 1 aliphatic rings. The van der Waals surface area contributed by atoms with Crippen LogP contribution in [0.1, 0.15) is 27.7 Å². The molecule has 0 radical (unpaired) electrons. The number of amides is 1. The quantitative estimate of drug-likeness (QED) is 0.585. The van der Waals surface area contributed by atoms with Crippen LogP contribution in [0.5, 0.6) is 0 Å². The molecule has 0 aliphatic carbocycles. The van der Waals surface area contributed by atoms with Gasteiger partial charge in [-0.1, -0.05) is 0 Å². The Bertz CT molecular complexity index is 777. The molecule has 1 amide bonds. The molecule has 1 aliphatic heterocycles. The van der Waals surface area contributed by atoms with Crippen LogP contribution in [0.3, 0.4) is 0 Å². The van der Waals surface area contributed by atoms with Crippen LogP contribution in [0.25, 0.3) is 0 Å². The average molecular weight is 381 g/mol. The van der Waals surface area contributed by atoms with Crippen molar-refractivity contribution >= 4 is 29.4 Å². The third-order valence-electron chi connectivity index (χ3n) is 4.17. The number of ether oxygens (including phenoxy) is 1. The van der Waals surface area contributed by atoms with Crippen LogP contribution in [0.15, 0.2) is 12.1 Å². The average Bonchev–Trinajstić information content (AvgIpc) is 2.52. The Morgan fingerprint density at radius 3 is 2.48 bits per heavy atom. The zero-order chi connectivity index (χ0) is 20.6. The number of nitro groups is 1. The van der Waals surface area contributed by atoms with E-state index >= 15 is 0 Å². The fraction of sp³-hybridized carbons (Fsp3) is 0.562. The molecule has 0 unspecified atom stereocenters. The minimum Gasteiger partial charge on any atom is -0.479 e. The Kier molecular flexibility index (Phi) is 5.16. The van der Waals surface area contributed by atoms with Crippen LogP contribution in [0.2, 0.25) is 0 Å². The molecule has 0 saturated carbocycles. The first-order valence-corrected chi connectivity index (χ1v) is 8.25. The maximum atomic E-state index is 12.5. The molecule has 1 aromatic rings. The number of rotatable bonds is 3. The minimum absolute atomic E-state index is 0.0776. The highest BCUT2D eigenvalue weighted by molar-refractivity contribution is 5.85. The second-order valence-electron chi connectivity index (χ2n) is 7.46. The van der Waals surface area contributed by atoms with Gasteiger partial charge in [-0.05, 0) is 33.8 Å². The van der Waals surface area contributed by atoms with Crippen molar-refractivity contribution in [3.8, 4) is 0 Å². The van der Waals surface area contributed by atoms with Crippen LogP contribution in [0.4, 0.5) is 22.1 Å². The fourth-order valence-corrected chi connectivity index (χ4v) is 2.78. The summed E-state index contributed by atoms with van der Waals surface area (Å²) in [6.07, 6.45) is -0.719. The number of aromatic nitrogens is 1. The first-order valence-electron chi connectivity index (χ1n) is 8.25. The van der Waals surface area contributed by atoms with Gasteiger partial charge < -0.3 is 20.5 Å². The predicted octanol–water partition coefficient (Wildman–Crippen LogP) is 1.47. The number of hydrogen-bond acceptors (Lipinski definition) is 8. The van der Waals surface area contributed by atoms with Crippen LogP contribution < -0.4 is 10.6 Å². The lowest BCUT2D eigenvalue weighted by Gasteiger charge is -2.46. The highest BCUT2D eigenvalue weighted by atomic mass is 16.6. The normalized spacial score (nSPS) is 20.3. The molecule has 2 rings (SSSR count). The molecule has 3 N–H and O–H groups in total. The third kappa shape index (κ3) is 4.18. The molecule has 2 heterocycles. The molecule has 1 fully saturated rings. The van der Waals surface area contributed by atoms with E-state index < -0.39 is 28.1 Å². The largest absolute Gasteiger partial charge is 0.479 e. The number of piperazine rings is 1. The van der Waals surface area contributed by atoms with Gasteiger partial charge in [-0.25, -0.2) is 14.6 Å². The van der Waals surface area contributed by atoms with Gasteiger partial charge in [0.05, 0.1) is 11.5 Å². The molecule has 148 valence electrons. The molecular weight excluding hydrogens is 358 g/mol. The lowest BCUT2D eigenvalue weighted by atomic mass is 9.96. The van der Waals surface area contributed by atoms with Crippen molar-refractivity contribution in [1.82, 2.24) is 9.88 Å². The van der Waals surface area contributed by atoms with Crippen LogP contribution in [0, 0.1) is 10.1 Å². The number of nitrogens with two attached hydrogens (primary N) is 1. The number of nitrogens with zero attached hydrogens (tertiary/aromatic N) is 4. The molecule has 1 saturated heterocycles. The van der Waals surface area contributed by atoms with Crippen molar-refractivity contribution in [2.75, 3.05) is 30.3 Å². The Morgan fingerprint density at radius 1 is 1.37 bits per heavy atom. The zero-order valence-corrected chi connectivity index (χ0v) is 15.6. The summed E-state index contributed by atoms with van der Waals surface area (Å²) < 4.78 is 5.32. The molecule has 11 nitrogen and oxygen atoms in total. The van der Waals surface area contributed by atoms with Gasteiger partial charge in [0.2, 0.25) is 5.82 Å². The molecule has 0 spiro atoms. The van der Waals surface area contributed by atoms with E-state index in [1.54, 1.807) is 25.7 Å². The van der Waals surface area contributed by atoms with Gasteiger partial charge in [0.25, 0.3) is 0 Å². The molecule has 0 aromatic carbocycles. The van der Waals surface area contributed by atoms with Crippen LogP contribution in [-0.2, 0) is 9.53 Å². The third-order valence-corrected chi connectivity index (χ3v) is 4.17. The summed E-state index contributed by atoms with van der Waals surface area (Å²) in [6.45, 7) is 6.78. The number of pyridine rings is 1. The molecular formula is C16H23N5O6. The smallest absolute Gasteiger partial charge is 0.411 e. The topological polar surface area (TPSA) is 152 Å². The van der Waals surface area contributed by atoms with Gasteiger partial charge in [0.1, 0.15) is 11.4 Å². The van der Waals surface area contributed by atoms with Gasteiger partial charge in [0, 0.05) is 19.2 Å². The van der Waals surface area contributed by atoms with E-state index in [1.807, 2.05) is 0 Å². The summed E-state index contributed by atoms with van der Waals surface area (Å²) in [7, 11) is 0. The first-order chi connectivity index (χ1) is 12.3. The highest BCUT2D eigenvalue weighted by Gasteiger charge is 2.48. The van der Waals surface area contributed by atoms with E-state index in [0.29, 0.717) is 5.82 Å². The summed E-state index contributed by atoms with van der Waals surface area (Å²) in [5.41, 5.74) is 2.96. The maximum Gasteiger partial charge on any atom is 0.411 e. The van der Waals surface area contributed by atoms with Gasteiger partial charge in [-0.15, -0.1) is 0 Å². The van der Waals surface area contributed by atoms with Crippen LogP contribution in [-0.4, -0.2) is 62.8 Å². The summed E-state index contributed by atoms with van der Waals surface area (Å²) >= 11 is 0. The summed E-state index contributed by atoms with van der Waals surface area (Å²) in [6, 6.07) is 2.62. The summed E-state index contributed by atoms with van der Waals surface area (Å²) in [4.78, 5) is 41.4. The standard InChI is InChI=1S/C16H23N5O6/c1-15(2,3)27-14(24)20-8-7-19(9-16(20,4)13(22)23)11-6-5-10(21(25)26)12(17)18-11/h5-6H,7-9H2,1-4H3,(H2,17,18)(H,22,23)/t16-/m1/s1. The van der Waals surface area contributed by atoms with Crippen molar-refractivity contribution in [2.45, 2.75) is 38.8 Å². The predicted molar refractivity (Wildman–Crippen MR) is 96.5 cm³/mol. The number of aliphatic carboxylic acids is 1. The SMILES string of the molecule is CC(C)(C)OC(=O)N1CCN(c2ccc([N+](=O)[O-])c(N)n2)C[C@]1(C)C(=O)O. The van der Waals surface area contributed by atoms with Gasteiger partial charge in [0.15, 0.2) is 5.54 Å². The molecule has 1 aromatic heterocycles. The van der Waals surface area contributed by atoms with Crippen molar-refractivity contribution < 1.29 is 24.4 Å². The number of nitrogen functional groups attached to an aromatic ring is 1. The second-order valence-corrected chi connectivity index (χ2v) is 7.46. The van der Waals surface area contributed by atoms with E-state index in [4.69, 9.17) is 10.5 Å². The van der Waals surface area contributed by atoms with Crippen molar-refractivity contribution in [3.63, 3.8) is 0 Å². The van der Waals surface area contributed by atoms with E-state index in [1.165, 1.54) is 24.0 Å². The molecule has 11 heteroatoms. The van der Waals surface area contributed by atoms with E-state index in [2.05, 4.69) is 4.98 Å². The van der Waals surface area contributed by atoms with Gasteiger partial charge >= 0.3 is 17.7 Å². The second kappa shape index (κ2) is 6.89. The number of carboxylic acid groups (broad SMARTS) is 1. The minimum atomic E-state index is -1.57.